The Labute approximate surface area is 210 Å². The number of hydrogen-bond acceptors (Lipinski definition) is 4. The number of carboxylic acid groups (broad SMARTS) is 1. The molecule has 1 N–H and O–H groups in total. The van der Waals surface area contributed by atoms with Crippen molar-refractivity contribution in [2.45, 2.75) is 40.7 Å². The number of aromatic carboxylic acids is 1. The largest absolute Gasteiger partial charge is 0.478 e. The number of nitrogens with zero attached hydrogens (tertiary/aromatic N) is 4. The second-order valence-electron chi connectivity index (χ2n) is 9.21. The summed E-state index contributed by atoms with van der Waals surface area (Å²) in [7, 11) is 0. The van der Waals surface area contributed by atoms with Crippen molar-refractivity contribution in [1.29, 1.82) is 0 Å². The SMILES string of the molecule is CCc1nc2c(C)cc(C)nc2n1Cc1ccc(-c2cc(-c3cccc(C)c3)ccc2C(=O)O)nc1. The molecule has 0 unspecified atom stereocenters. The van der Waals surface area contributed by atoms with Crippen LogP contribution in [0.25, 0.3) is 33.5 Å². The van der Waals surface area contributed by atoms with E-state index in [9.17, 15) is 9.90 Å². The number of carboxylic acids is 1. The number of aromatic nitrogens is 4. The third-order valence-electron chi connectivity index (χ3n) is 6.46. The van der Waals surface area contributed by atoms with Gasteiger partial charge in [0.25, 0.3) is 0 Å². The summed E-state index contributed by atoms with van der Waals surface area (Å²) >= 11 is 0. The van der Waals surface area contributed by atoms with E-state index in [-0.39, 0.29) is 5.56 Å². The average Bonchev–Trinajstić information content (AvgIpc) is 3.21. The van der Waals surface area contributed by atoms with Gasteiger partial charge in [-0.05, 0) is 67.3 Å². The van der Waals surface area contributed by atoms with Gasteiger partial charge < -0.3 is 9.67 Å². The molecule has 0 spiro atoms. The highest BCUT2D eigenvalue weighted by atomic mass is 16.4. The van der Waals surface area contributed by atoms with E-state index in [4.69, 9.17) is 9.97 Å². The lowest BCUT2D eigenvalue weighted by Crippen LogP contribution is -2.06. The fraction of sp³-hybridized carbons (Fsp3) is 0.200. The van der Waals surface area contributed by atoms with Crippen molar-refractivity contribution in [2.75, 3.05) is 0 Å². The van der Waals surface area contributed by atoms with Crippen LogP contribution in [0.2, 0.25) is 0 Å². The summed E-state index contributed by atoms with van der Waals surface area (Å²) in [6.45, 7) is 8.79. The molecule has 36 heavy (non-hydrogen) atoms. The van der Waals surface area contributed by atoms with E-state index in [0.29, 0.717) is 17.8 Å². The van der Waals surface area contributed by atoms with Gasteiger partial charge in [0.15, 0.2) is 5.65 Å². The molecule has 0 aliphatic heterocycles. The Morgan fingerprint density at radius 3 is 2.44 bits per heavy atom. The number of imidazole rings is 1. The Morgan fingerprint density at radius 2 is 1.75 bits per heavy atom. The molecule has 0 radical (unpaired) electrons. The van der Waals surface area contributed by atoms with E-state index < -0.39 is 5.97 Å². The fourth-order valence-corrected chi connectivity index (χ4v) is 4.69. The number of hydrogen-bond donors (Lipinski definition) is 1. The molecule has 0 aliphatic carbocycles. The molecule has 0 bridgehead atoms. The molecule has 3 heterocycles. The average molecular weight is 477 g/mol. The second kappa shape index (κ2) is 9.38. The van der Waals surface area contributed by atoms with Gasteiger partial charge in [0.05, 0.1) is 17.8 Å². The van der Waals surface area contributed by atoms with Gasteiger partial charge >= 0.3 is 5.97 Å². The Hall–Kier alpha value is -4.32. The standard InChI is InChI=1S/C30H28N4O2/c1-5-27-33-28-19(3)14-20(4)32-29(28)34(27)17-21-9-12-26(31-16-21)25-15-23(10-11-24(25)30(35)36)22-8-6-7-18(2)13-22/h6-16H,5,17H2,1-4H3,(H,35,36). The maximum atomic E-state index is 12.0. The maximum absolute atomic E-state index is 12.0. The minimum atomic E-state index is -0.971. The van der Waals surface area contributed by atoms with Crippen LogP contribution >= 0.6 is 0 Å². The van der Waals surface area contributed by atoms with Crippen molar-refractivity contribution in [3.63, 3.8) is 0 Å². The molecule has 0 fully saturated rings. The molecule has 6 heteroatoms. The molecule has 0 aliphatic rings. The van der Waals surface area contributed by atoms with Crippen LogP contribution in [0.15, 0.2) is 66.9 Å². The zero-order valence-electron chi connectivity index (χ0n) is 20.9. The van der Waals surface area contributed by atoms with Gasteiger partial charge in [0.1, 0.15) is 11.3 Å². The number of aryl methyl sites for hydroxylation is 4. The molecule has 5 rings (SSSR count). The van der Waals surface area contributed by atoms with Gasteiger partial charge in [0.2, 0.25) is 0 Å². The Morgan fingerprint density at radius 1 is 0.944 bits per heavy atom. The number of fused-ring (bicyclic) bond motifs is 1. The molecule has 180 valence electrons. The molecule has 0 atom stereocenters. The molecule has 2 aromatic carbocycles. The molecule has 0 saturated heterocycles. The van der Waals surface area contributed by atoms with Gasteiger partial charge in [-0.15, -0.1) is 0 Å². The Kier molecular flexibility index (Phi) is 6.10. The van der Waals surface area contributed by atoms with Gasteiger partial charge in [-0.3, -0.25) is 4.98 Å². The first-order valence-corrected chi connectivity index (χ1v) is 12.1. The molecule has 3 aromatic heterocycles. The van der Waals surface area contributed by atoms with Crippen LogP contribution in [0.1, 0.15) is 45.5 Å². The summed E-state index contributed by atoms with van der Waals surface area (Å²) in [5.74, 6) is 0.00949. The topological polar surface area (TPSA) is 80.9 Å². The molecular weight excluding hydrogens is 448 g/mol. The monoisotopic (exact) mass is 476 g/mol. The summed E-state index contributed by atoms with van der Waals surface area (Å²) in [4.78, 5) is 26.2. The van der Waals surface area contributed by atoms with E-state index in [1.165, 1.54) is 0 Å². The quantitative estimate of drug-likeness (QED) is 0.307. The lowest BCUT2D eigenvalue weighted by Gasteiger charge is -2.12. The van der Waals surface area contributed by atoms with Crippen molar-refractivity contribution < 1.29 is 9.90 Å². The summed E-state index contributed by atoms with van der Waals surface area (Å²) in [6, 6.07) is 19.5. The normalized spacial score (nSPS) is 11.2. The zero-order valence-corrected chi connectivity index (χ0v) is 20.9. The zero-order chi connectivity index (χ0) is 25.4. The summed E-state index contributed by atoms with van der Waals surface area (Å²) in [5.41, 5.74) is 9.51. The lowest BCUT2D eigenvalue weighted by molar-refractivity contribution is 0.0697. The molecular formula is C30H28N4O2. The first kappa shape index (κ1) is 23.4. The number of benzene rings is 2. The molecule has 0 amide bonds. The Balaban J connectivity index is 1.52. The summed E-state index contributed by atoms with van der Waals surface area (Å²) in [6.07, 6.45) is 2.61. The molecule has 5 aromatic rings. The van der Waals surface area contributed by atoms with Crippen LogP contribution in [-0.2, 0) is 13.0 Å². The van der Waals surface area contributed by atoms with Crippen molar-refractivity contribution in [2.24, 2.45) is 0 Å². The smallest absolute Gasteiger partial charge is 0.336 e. The van der Waals surface area contributed by atoms with Crippen molar-refractivity contribution in [3.8, 4) is 22.4 Å². The minimum absolute atomic E-state index is 0.232. The van der Waals surface area contributed by atoms with Crippen LogP contribution in [0.4, 0.5) is 0 Å². The third kappa shape index (κ3) is 4.38. The van der Waals surface area contributed by atoms with Crippen molar-refractivity contribution >= 4 is 17.1 Å². The van der Waals surface area contributed by atoms with Gasteiger partial charge in [0, 0.05) is 23.9 Å². The van der Waals surface area contributed by atoms with Crippen LogP contribution in [0, 0.1) is 20.8 Å². The highest BCUT2D eigenvalue weighted by Crippen LogP contribution is 2.30. The minimum Gasteiger partial charge on any atom is -0.478 e. The van der Waals surface area contributed by atoms with Crippen LogP contribution in [0.5, 0.6) is 0 Å². The first-order chi connectivity index (χ1) is 17.3. The van der Waals surface area contributed by atoms with E-state index in [1.807, 2.05) is 62.5 Å². The maximum Gasteiger partial charge on any atom is 0.336 e. The Bertz CT molecular complexity index is 1600. The summed E-state index contributed by atoms with van der Waals surface area (Å²) < 4.78 is 2.15. The van der Waals surface area contributed by atoms with E-state index in [0.717, 1.165) is 56.9 Å². The van der Waals surface area contributed by atoms with Gasteiger partial charge in [-0.2, -0.15) is 0 Å². The highest BCUT2D eigenvalue weighted by Gasteiger charge is 2.16. The van der Waals surface area contributed by atoms with E-state index >= 15 is 0 Å². The van der Waals surface area contributed by atoms with Gasteiger partial charge in [-0.1, -0.05) is 48.9 Å². The van der Waals surface area contributed by atoms with E-state index in [1.54, 1.807) is 6.07 Å². The predicted molar refractivity (Wildman–Crippen MR) is 142 cm³/mol. The number of rotatable bonds is 6. The van der Waals surface area contributed by atoms with Crippen LogP contribution in [0.3, 0.4) is 0 Å². The lowest BCUT2D eigenvalue weighted by atomic mass is 9.96. The van der Waals surface area contributed by atoms with Crippen LogP contribution < -0.4 is 0 Å². The fourth-order valence-electron chi connectivity index (χ4n) is 4.69. The van der Waals surface area contributed by atoms with Crippen LogP contribution in [-0.4, -0.2) is 30.6 Å². The van der Waals surface area contributed by atoms with Gasteiger partial charge in [-0.25, -0.2) is 14.8 Å². The van der Waals surface area contributed by atoms with E-state index in [2.05, 4.69) is 35.5 Å². The number of carbonyl (C=O) groups is 1. The second-order valence-corrected chi connectivity index (χ2v) is 9.21. The molecule has 0 saturated carbocycles. The summed E-state index contributed by atoms with van der Waals surface area (Å²) in [5, 5.41) is 9.82. The van der Waals surface area contributed by atoms with Crippen molar-refractivity contribution in [1.82, 2.24) is 19.5 Å². The molecule has 6 nitrogen and oxygen atoms in total. The third-order valence-corrected chi connectivity index (χ3v) is 6.46. The predicted octanol–water partition coefficient (Wildman–Crippen LogP) is 6.39. The first-order valence-electron chi connectivity index (χ1n) is 12.1. The van der Waals surface area contributed by atoms with Crippen molar-refractivity contribution in [3.05, 3.63) is 101 Å². The number of pyridine rings is 2. The highest BCUT2D eigenvalue weighted by molar-refractivity contribution is 5.96.